The molecule has 0 saturated carbocycles. The van der Waals surface area contributed by atoms with Gasteiger partial charge in [-0.25, -0.2) is 0 Å². The number of fused-ring (bicyclic) bond motifs is 10. The van der Waals surface area contributed by atoms with Crippen molar-refractivity contribution in [1.29, 1.82) is 0 Å². The molecule has 4 heteroatoms. The molecule has 276 valence electrons. The Bertz CT molecular complexity index is 2860. The fourth-order valence-corrected chi connectivity index (χ4v) is 9.27. The van der Waals surface area contributed by atoms with Crippen LogP contribution in [0.1, 0.15) is 79.0 Å². The summed E-state index contributed by atoms with van der Waals surface area (Å²) in [6, 6.07) is 50.3. The van der Waals surface area contributed by atoms with Crippen molar-refractivity contribution in [2.45, 2.75) is 78.6 Å². The Labute approximate surface area is 331 Å². The van der Waals surface area contributed by atoms with E-state index >= 15 is 0 Å². The van der Waals surface area contributed by atoms with Crippen LogP contribution in [0.2, 0.25) is 0 Å². The van der Waals surface area contributed by atoms with Crippen molar-refractivity contribution in [3.63, 3.8) is 0 Å². The predicted octanol–water partition coefficient (Wildman–Crippen LogP) is 13.3. The highest BCUT2D eigenvalue weighted by molar-refractivity contribution is 6.94. The minimum absolute atomic E-state index is 0.0349. The molecule has 0 saturated heterocycles. The van der Waals surface area contributed by atoms with Crippen LogP contribution in [0.25, 0.3) is 43.8 Å². The van der Waals surface area contributed by atoms with E-state index in [4.69, 9.17) is 4.42 Å². The van der Waals surface area contributed by atoms with Crippen molar-refractivity contribution in [3.8, 4) is 11.1 Å². The maximum atomic E-state index is 6.66. The second-order valence-corrected chi connectivity index (χ2v) is 19.1. The molecule has 3 nitrogen and oxygen atoms in total. The van der Waals surface area contributed by atoms with Gasteiger partial charge in [-0.3, -0.25) is 0 Å². The highest BCUT2D eigenvalue weighted by atomic mass is 16.3. The summed E-state index contributed by atoms with van der Waals surface area (Å²) in [5, 5.41) is 4.80. The molecule has 2 aliphatic heterocycles. The molecule has 0 atom stereocenters. The minimum Gasteiger partial charge on any atom is -0.456 e. The molecule has 0 fully saturated rings. The molecule has 10 rings (SSSR count). The van der Waals surface area contributed by atoms with Crippen molar-refractivity contribution in [2.24, 2.45) is 0 Å². The molecule has 0 unspecified atom stereocenters. The average Bonchev–Trinajstić information content (AvgIpc) is 3.56. The highest BCUT2D eigenvalue weighted by Gasteiger charge is 2.47. The van der Waals surface area contributed by atoms with Gasteiger partial charge >= 0.3 is 6.85 Å². The van der Waals surface area contributed by atoms with Gasteiger partial charge in [0.1, 0.15) is 11.2 Å². The highest BCUT2D eigenvalue weighted by Crippen LogP contribution is 2.53. The predicted molar refractivity (Wildman–Crippen MR) is 241 cm³/mol. The van der Waals surface area contributed by atoms with E-state index in [9.17, 15) is 0 Å². The molecule has 0 aliphatic carbocycles. The van der Waals surface area contributed by atoms with Crippen LogP contribution < -0.4 is 20.6 Å². The topological polar surface area (TPSA) is 19.6 Å². The largest absolute Gasteiger partial charge is 0.456 e. The van der Waals surface area contributed by atoms with Crippen LogP contribution in [0.5, 0.6) is 0 Å². The Balaban J connectivity index is 1.38. The number of hydrogen-bond donors (Lipinski definition) is 0. The number of para-hydroxylation sites is 1. The lowest BCUT2D eigenvalue weighted by Gasteiger charge is -2.46. The number of benzene rings is 7. The van der Waals surface area contributed by atoms with Crippen LogP contribution in [-0.2, 0) is 16.2 Å². The van der Waals surface area contributed by atoms with Gasteiger partial charge in [0, 0.05) is 39.4 Å². The number of anilines is 5. The van der Waals surface area contributed by atoms with Crippen LogP contribution in [0, 0.1) is 0 Å². The van der Waals surface area contributed by atoms with Crippen molar-refractivity contribution in [3.05, 3.63) is 150 Å². The third kappa shape index (κ3) is 5.18. The third-order valence-corrected chi connectivity index (χ3v) is 12.3. The van der Waals surface area contributed by atoms with E-state index in [0.29, 0.717) is 0 Å². The zero-order chi connectivity index (χ0) is 38.9. The number of hydrogen-bond acceptors (Lipinski definition) is 3. The van der Waals surface area contributed by atoms with E-state index in [0.717, 1.165) is 21.9 Å². The normalized spacial score (nSPS) is 14.1. The van der Waals surface area contributed by atoms with Gasteiger partial charge in [-0.2, -0.15) is 0 Å². The van der Waals surface area contributed by atoms with E-state index in [1.165, 1.54) is 78.0 Å². The van der Waals surface area contributed by atoms with Gasteiger partial charge in [0.25, 0.3) is 0 Å². The number of rotatable bonds is 2. The van der Waals surface area contributed by atoms with E-state index in [1.807, 2.05) is 0 Å². The van der Waals surface area contributed by atoms with Crippen LogP contribution in [0.4, 0.5) is 28.4 Å². The van der Waals surface area contributed by atoms with Gasteiger partial charge in [-0.1, -0.05) is 141 Å². The number of nitrogens with zero attached hydrogens (tertiary/aromatic N) is 2. The standard InChI is InChI=1S/C52H49BN2O/c1-50(2,3)33-18-23-36(24-19-33)54-42-28-22-35(52(7,8)9)31-41(42)53-48-43(54)30-32-14-10-11-15-38(32)46(48)40-27-29-45-47(39-16-12-13-17-44(39)56-45)49(40)55(53)37-25-20-34(21-26-37)51(4,5)6/h10-31H,1-9H3. The first-order valence-corrected chi connectivity index (χ1v) is 20.1. The van der Waals surface area contributed by atoms with Crippen LogP contribution in [0.3, 0.4) is 0 Å². The molecule has 0 N–H and O–H groups in total. The quantitative estimate of drug-likeness (QED) is 0.165. The number of furan rings is 1. The summed E-state index contributed by atoms with van der Waals surface area (Å²) < 4.78 is 6.66. The van der Waals surface area contributed by atoms with Gasteiger partial charge in [0.2, 0.25) is 0 Å². The lowest BCUT2D eigenvalue weighted by molar-refractivity contribution is 0.590. The Hall–Kier alpha value is -5.74. The van der Waals surface area contributed by atoms with Gasteiger partial charge in [-0.05, 0) is 115 Å². The maximum Gasteiger partial charge on any atom is 0.333 e. The first-order chi connectivity index (χ1) is 26.7. The summed E-state index contributed by atoms with van der Waals surface area (Å²) in [7, 11) is 0. The average molecular weight is 729 g/mol. The summed E-state index contributed by atoms with van der Waals surface area (Å²) in [4.78, 5) is 5.19. The van der Waals surface area contributed by atoms with E-state index in [-0.39, 0.29) is 23.1 Å². The monoisotopic (exact) mass is 728 g/mol. The first kappa shape index (κ1) is 34.7. The zero-order valence-electron chi connectivity index (χ0n) is 34.1. The lowest BCUT2D eigenvalue weighted by Crippen LogP contribution is -2.61. The fourth-order valence-electron chi connectivity index (χ4n) is 9.27. The van der Waals surface area contributed by atoms with E-state index < -0.39 is 0 Å². The molecule has 3 heterocycles. The maximum absolute atomic E-state index is 6.66. The summed E-state index contributed by atoms with van der Waals surface area (Å²) in [6.07, 6.45) is 0. The molecule has 0 spiro atoms. The Morgan fingerprint density at radius 3 is 1.75 bits per heavy atom. The molecule has 0 amide bonds. The molecule has 0 radical (unpaired) electrons. The molecule has 56 heavy (non-hydrogen) atoms. The minimum atomic E-state index is -0.112. The third-order valence-electron chi connectivity index (χ3n) is 12.3. The summed E-state index contributed by atoms with van der Waals surface area (Å²) in [5.41, 5.74) is 17.0. The van der Waals surface area contributed by atoms with Crippen LogP contribution >= 0.6 is 0 Å². The van der Waals surface area contributed by atoms with Gasteiger partial charge in [0.15, 0.2) is 0 Å². The molecule has 0 bridgehead atoms. The van der Waals surface area contributed by atoms with Crippen molar-refractivity contribution >= 4 is 78.9 Å². The molecular formula is C52H49BN2O. The van der Waals surface area contributed by atoms with Crippen LogP contribution in [0.15, 0.2) is 138 Å². The molecule has 1 aromatic heterocycles. The van der Waals surface area contributed by atoms with Crippen molar-refractivity contribution < 1.29 is 4.42 Å². The van der Waals surface area contributed by atoms with Crippen LogP contribution in [-0.4, -0.2) is 6.85 Å². The van der Waals surface area contributed by atoms with Gasteiger partial charge in [-0.15, -0.1) is 0 Å². The fraction of sp³-hybridized carbons (Fsp3) is 0.231. The Kier molecular flexibility index (Phi) is 7.37. The SMILES string of the molecule is CC(C)(C)c1ccc(N2B3c4cc(C(C)(C)C)ccc4N(c4ccc(C(C)(C)C)cc4)c4cc5ccccc5c(c43)-c3ccc4oc5ccccc5c4c32)cc1. The summed E-state index contributed by atoms with van der Waals surface area (Å²) in [6.45, 7) is 20.6. The zero-order valence-corrected chi connectivity index (χ0v) is 34.1. The Morgan fingerprint density at radius 1 is 0.500 bits per heavy atom. The second-order valence-electron chi connectivity index (χ2n) is 19.1. The summed E-state index contributed by atoms with van der Waals surface area (Å²) in [5.74, 6) is 0. The second kappa shape index (κ2) is 11.9. The van der Waals surface area contributed by atoms with Crippen molar-refractivity contribution in [1.82, 2.24) is 0 Å². The molecule has 8 aromatic rings. The first-order valence-electron chi connectivity index (χ1n) is 20.1. The van der Waals surface area contributed by atoms with Crippen molar-refractivity contribution in [2.75, 3.05) is 9.71 Å². The van der Waals surface area contributed by atoms with Gasteiger partial charge in [0.05, 0.1) is 5.39 Å². The molecule has 2 aliphatic rings. The van der Waals surface area contributed by atoms with E-state index in [1.54, 1.807) is 0 Å². The van der Waals surface area contributed by atoms with Gasteiger partial charge < -0.3 is 14.1 Å². The smallest absolute Gasteiger partial charge is 0.333 e. The van der Waals surface area contributed by atoms with E-state index in [2.05, 4.69) is 205 Å². The summed E-state index contributed by atoms with van der Waals surface area (Å²) >= 11 is 0. The molecular weight excluding hydrogens is 679 g/mol. The molecule has 7 aromatic carbocycles. The Morgan fingerprint density at radius 2 is 1.09 bits per heavy atom. The lowest BCUT2D eigenvalue weighted by atomic mass is 9.42.